The molecule has 0 aromatic heterocycles. The second-order valence-corrected chi connectivity index (χ2v) is 6.68. The van der Waals surface area contributed by atoms with Crippen LogP contribution in [0, 0.1) is 0 Å². The number of likely N-dealkylation sites (tertiary alicyclic amines) is 1. The highest BCUT2D eigenvalue weighted by molar-refractivity contribution is 5.76. The Balaban J connectivity index is 2.27. The average Bonchev–Trinajstić information content (AvgIpc) is 2.87. The number of amides is 2. The number of hydrogen-bond acceptors (Lipinski definition) is 4. The maximum absolute atomic E-state index is 12.0. The third-order valence-corrected chi connectivity index (χ3v) is 3.73. The number of nitrogens with zero attached hydrogens (tertiary/aromatic N) is 2. The van der Waals surface area contributed by atoms with E-state index >= 15 is 0 Å². The first kappa shape index (κ1) is 18.7. The molecule has 1 atom stereocenters. The third-order valence-electron chi connectivity index (χ3n) is 3.73. The van der Waals surface area contributed by atoms with Crippen LogP contribution in [0.25, 0.3) is 0 Å². The number of nitrogens with one attached hydrogen (secondary N) is 1. The Morgan fingerprint density at radius 2 is 1.91 bits per heavy atom. The first-order chi connectivity index (χ1) is 10.3. The third kappa shape index (κ3) is 6.22. The van der Waals surface area contributed by atoms with E-state index in [-0.39, 0.29) is 18.0 Å². The number of carbonyl (C=O) groups is 2. The molecule has 0 saturated carbocycles. The highest BCUT2D eigenvalue weighted by Gasteiger charge is 2.29. The lowest BCUT2D eigenvalue weighted by Gasteiger charge is -2.24. The van der Waals surface area contributed by atoms with Crippen LogP contribution >= 0.6 is 0 Å². The SMILES string of the molecule is CCN(CC)C(=O)CCNC1CCN(C(=O)OC(C)(C)C)C1. The van der Waals surface area contributed by atoms with E-state index in [2.05, 4.69) is 5.32 Å². The van der Waals surface area contributed by atoms with E-state index in [4.69, 9.17) is 4.74 Å². The first-order valence-electron chi connectivity index (χ1n) is 8.26. The van der Waals surface area contributed by atoms with Gasteiger partial charge in [-0.05, 0) is 41.0 Å². The summed E-state index contributed by atoms with van der Waals surface area (Å²) in [5.41, 5.74) is -0.460. The molecule has 0 bridgehead atoms. The molecule has 1 saturated heterocycles. The molecular formula is C16H31N3O3. The van der Waals surface area contributed by atoms with Crippen LogP contribution in [0.1, 0.15) is 47.5 Å². The molecule has 1 rings (SSSR count). The highest BCUT2D eigenvalue weighted by atomic mass is 16.6. The lowest BCUT2D eigenvalue weighted by Crippen LogP contribution is -2.39. The average molecular weight is 313 g/mol. The molecule has 2 amide bonds. The van der Waals surface area contributed by atoms with Crippen LogP contribution in [0.5, 0.6) is 0 Å². The molecule has 0 radical (unpaired) electrons. The van der Waals surface area contributed by atoms with Crippen molar-refractivity contribution in [2.75, 3.05) is 32.7 Å². The van der Waals surface area contributed by atoms with E-state index in [1.54, 1.807) is 4.90 Å². The lowest BCUT2D eigenvalue weighted by molar-refractivity contribution is -0.130. The Morgan fingerprint density at radius 1 is 1.27 bits per heavy atom. The molecule has 1 aliphatic rings. The lowest BCUT2D eigenvalue weighted by atomic mass is 10.2. The van der Waals surface area contributed by atoms with Gasteiger partial charge in [-0.3, -0.25) is 4.79 Å². The number of ether oxygens (including phenoxy) is 1. The summed E-state index contributed by atoms with van der Waals surface area (Å²) in [6.45, 7) is 13.1. The van der Waals surface area contributed by atoms with Crippen molar-refractivity contribution in [2.45, 2.75) is 59.1 Å². The van der Waals surface area contributed by atoms with Gasteiger partial charge in [-0.15, -0.1) is 0 Å². The molecule has 0 aromatic rings. The van der Waals surface area contributed by atoms with Gasteiger partial charge in [0.05, 0.1) is 0 Å². The highest BCUT2D eigenvalue weighted by Crippen LogP contribution is 2.15. The molecule has 1 unspecified atom stereocenters. The minimum absolute atomic E-state index is 0.180. The fourth-order valence-corrected chi connectivity index (χ4v) is 2.54. The number of rotatable bonds is 6. The predicted octanol–water partition coefficient (Wildman–Crippen LogP) is 1.84. The van der Waals surface area contributed by atoms with E-state index in [0.29, 0.717) is 26.1 Å². The van der Waals surface area contributed by atoms with Gasteiger partial charge in [-0.1, -0.05) is 0 Å². The van der Waals surface area contributed by atoms with Crippen molar-refractivity contribution in [2.24, 2.45) is 0 Å². The van der Waals surface area contributed by atoms with Crippen molar-refractivity contribution in [3.63, 3.8) is 0 Å². The fraction of sp³-hybridized carbons (Fsp3) is 0.875. The van der Waals surface area contributed by atoms with Crippen molar-refractivity contribution < 1.29 is 14.3 Å². The zero-order valence-corrected chi connectivity index (χ0v) is 14.6. The van der Waals surface area contributed by atoms with Crippen LogP contribution < -0.4 is 5.32 Å². The van der Waals surface area contributed by atoms with Crippen molar-refractivity contribution in [1.29, 1.82) is 0 Å². The summed E-state index contributed by atoms with van der Waals surface area (Å²) in [5.74, 6) is 0.180. The summed E-state index contributed by atoms with van der Waals surface area (Å²) in [6, 6.07) is 0.247. The summed E-state index contributed by atoms with van der Waals surface area (Å²) in [6.07, 6.45) is 1.15. The van der Waals surface area contributed by atoms with E-state index in [1.165, 1.54) is 0 Å². The van der Waals surface area contributed by atoms with Gasteiger partial charge in [-0.2, -0.15) is 0 Å². The van der Waals surface area contributed by atoms with Gasteiger partial charge in [0.2, 0.25) is 5.91 Å². The van der Waals surface area contributed by atoms with Crippen molar-refractivity contribution in [3.8, 4) is 0 Å². The van der Waals surface area contributed by atoms with E-state index < -0.39 is 5.60 Å². The van der Waals surface area contributed by atoms with Crippen LogP contribution in [0.2, 0.25) is 0 Å². The van der Waals surface area contributed by atoms with Crippen LogP contribution in [-0.2, 0) is 9.53 Å². The standard InChI is InChI=1S/C16H31N3O3/c1-6-18(7-2)14(20)8-10-17-13-9-11-19(12-13)15(21)22-16(3,4)5/h13,17H,6-12H2,1-5H3. The predicted molar refractivity (Wildman–Crippen MR) is 86.8 cm³/mol. The van der Waals surface area contributed by atoms with Crippen LogP contribution in [-0.4, -0.2) is 66.2 Å². The minimum atomic E-state index is -0.460. The van der Waals surface area contributed by atoms with Crippen LogP contribution in [0.3, 0.4) is 0 Å². The summed E-state index contributed by atoms with van der Waals surface area (Å²) >= 11 is 0. The Bertz CT molecular complexity index is 375. The van der Waals surface area contributed by atoms with E-state index in [0.717, 1.165) is 19.5 Å². The Labute approximate surface area is 134 Å². The Hall–Kier alpha value is -1.30. The van der Waals surface area contributed by atoms with Gasteiger partial charge in [0.25, 0.3) is 0 Å². The molecule has 0 spiro atoms. The Kier molecular flexibility index (Phi) is 7.13. The molecule has 1 aliphatic heterocycles. The summed E-state index contributed by atoms with van der Waals surface area (Å²) in [7, 11) is 0. The largest absolute Gasteiger partial charge is 0.444 e. The maximum Gasteiger partial charge on any atom is 0.410 e. The van der Waals surface area contributed by atoms with Gasteiger partial charge in [-0.25, -0.2) is 4.79 Å². The van der Waals surface area contributed by atoms with Crippen molar-refractivity contribution in [1.82, 2.24) is 15.1 Å². The molecule has 22 heavy (non-hydrogen) atoms. The van der Waals surface area contributed by atoms with Crippen molar-refractivity contribution >= 4 is 12.0 Å². The quantitative estimate of drug-likeness (QED) is 0.813. The molecule has 1 heterocycles. The molecule has 0 aromatic carbocycles. The Morgan fingerprint density at radius 3 is 2.45 bits per heavy atom. The number of carbonyl (C=O) groups excluding carboxylic acids is 2. The van der Waals surface area contributed by atoms with E-state index in [9.17, 15) is 9.59 Å². The van der Waals surface area contributed by atoms with E-state index in [1.807, 2.05) is 39.5 Å². The molecule has 6 heteroatoms. The smallest absolute Gasteiger partial charge is 0.410 e. The summed E-state index contributed by atoms with van der Waals surface area (Å²) in [4.78, 5) is 27.4. The van der Waals surface area contributed by atoms with Gasteiger partial charge < -0.3 is 19.9 Å². The molecule has 0 aliphatic carbocycles. The molecule has 6 nitrogen and oxygen atoms in total. The number of hydrogen-bond donors (Lipinski definition) is 1. The fourth-order valence-electron chi connectivity index (χ4n) is 2.54. The molecular weight excluding hydrogens is 282 g/mol. The second kappa shape index (κ2) is 8.36. The van der Waals surface area contributed by atoms with Gasteiger partial charge in [0.15, 0.2) is 0 Å². The molecule has 128 valence electrons. The maximum atomic E-state index is 12.0. The summed E-state index contributed by atoms with van der Waals surface area (Å²) in [5, 5.41) is 3.37. The van der Waals surface area contributed by atoms with Gasteiger partial charge in [0.1, 0.15) is 5.60 Å². The van der Waals surface area contributed by atoms with Crippen LogP contribution in [0.4, 0.5) is 4.79 Å². The normalized spacial score (nSPS) is 18.4. The van der Waals surface area contributed by atoms with Crippen LogP contribution in [0.15, 0.2) is 0 Å². The van der Waals surface area contributed by atoms with Gasteiger partial charge >= 0.3 is 6.09 Å². The summed E-state index contributed by atoms with van der Waals surface area (Å²) < 4.78 is 5.37. The van der Waals surface area contributed by atoms with Crippen molar-refractivity contribution in [3.05, 3.63) is 0 Å². The minimum Gasteiger partial charge on any atom is -0.444 e. The molecule has 1 N–H and O–H groups in total. The zero-order valence-electron chi connectivity index (χ0n) is 14.6. The zero-order chi connectivity index (χ0) is 16.8. The topological polar surface area (TPSA) is 61.9 Å². The first-order valence-corrected chi connectivity index (χ1v) is 8.26. The monoisotopic (exact) mass is 313 g/mol. The van der Waals surface area contributed by atoms with Gasteiger partial charge in [0, 0.05) is 45.2 Å². The molecule has 1 fully saturated rings. The second-order valence-electron chi connectivity index (χ2n) is 6.68.